The number of Topliss-reactive ketones (excluding diaryl/α,β-unsaturated/α-hetero) is 1. The van der Waals surface area contributed by atoms with Crippen LogP contribution in [0.3, 0.4) is 0 Å². The number of fused-ring (bicyclic) bond motifs is 1. The summed E-state index contributed by atoms with van der Waals surface area (Å²) in [7, 11) is 0. The maximum Gasteiger partial charge on any atom is 0.162 e. The van der Waals surface area contributed by atoms with Crippen molar-refractivity contribution in [3.8, 4) is 11.4 Å². The fourth-order valence-electron chi connectivity index (χ4n) is 4.75. The molecular weight excluding hydrogens is 400 g/mol. The highest BCUT2D eigenvalue weighted by molar-refractivity contribution is 6.09. The van der Waals surface area contributed by atoms with Crippen molar-refractivity contribution in [2.75, 3.05) is 26.2 Å². The SMILES string of the molecule is CC(=O)c1c(C)n(-c2ccc(C)cc2)c2ccc(OC[C@@H](O)CN3CCC(C)CC3)cc12. The maximum atomic E-state index is 12.5. The molecule has 1 aliphatic heterocycles. The van der Waals surface area contributed by atoms with Gasteiger partial charge in [0, 0.05) is 28.9 Å². The number of ether oxygens (including phenoxy) is 1. The molecule has 1 aromatic heterocycles. The van der Waals surface area contributed by atoms with Gasteiger partial charge >= 0.3 is 0 Å². The summed E-state index contributed by atoms with van der Waals surface area (Å²) in [5.74, 6) is 1.49. The van der Waals surface area contributed by atoms with E-state index in [1.54, 1.807) is 6.92 Å². The van der Waals surface area contributed by atoms with E-state index in [9.17, 15) is 9.90 Å². The Morgan fingerprint density at radius 3 is 2.47 bits per heavy atom. The molecule has 0 saturated carbocycles. The molecule has 4 rings (SSSR count). The number of aromatic nitrogens is 1. The number of rotatable bonds is 7. The molecule has 0 bridgehead atoms. The summed E-state index contributed by atoms with van der Waals surface area (Å²) in [6, 6.07) is 14.2. The zero-order valence-electron chi connectivity index (χ0n) is 19.6. The Balaban J connectivity index is 1.55. The van der Waals surface area contributed by atoms with Crippen LogP contribution < -0.4 is 4.74 Å². The lowest BCUT2D eigenvalue weighted by molar-refractivity contribution is 0.0563. The van der Waals surface area contributed by atoms with Crippen molar-refractivity contribution in [2.24, 2.45) is 5.92 Å². The third kappa shape index (κ3) is 4.74. The normalized spacial score (nSPS) is 16.4. The fourth-order valence-corrected chi connectivity index (χ4v) is 4.75. The van der Waals surface area contributed by atoms with Gasteiger partial charge in [-0.15, -0.1) is 0 Å². The average molecular weight is 435 g/mol. The smallest absolute Gasteiger partial charge is 0.162 e. The standard InChI is InChI=1S/C27H34N2O3/c1-18-5-7-22(8-6-18)29-20(3)27(21(4)30)25-15-24(9-10-26(25)29)32-17-23(31)16-28-13-11-19(2)12-14-28/h5-10,15,19,23,31H,11-14,16-17H2,1-4H3/t23-/m0/s1. The van der Waals surface area contributed by atoms with Crippen molar-refractivity contribution in [2.45, 2.75) is 46.6 Å². The van der Waals surface area contributed by atoms with Gasteiger partial charge in [-0.3, -0.25) is 4.79 Å². The minimum absolute atomic E-state index is 0.0369. The lowest BCUT2D eigenvalue weighted by atomic mass is 9.99. The topological polar surface area (TPSA) is 54.7 Å². The molecule has 32 heavy (non-hydrogen) atoms. The molecule has 0 unspecified atom stereocenters. The van der Waals surface area contributed by atoms with Gasteiger partial charge in [0.1, 0.15) is 18.5 Å². The number of ketones is 1. The molecule has 170 valence electrons. The quantitative estimate of drug-likeness (QED) is 0.536. The summed E-state index contributed by atoms with van der Waals surface area (Å²) in [6.07, 6.45) is 1.84. The summed E-state index contributed by atoms with van der Waals surface area (Å²) in [4.78, 5) is 14.8. The second-order valence-corrected chi connectivity index (χ2v) is 9.31. The molecule has 2 heterocycles. The Kier molecular flexibility index (Phi) is 6.68. The van der Waals surface area contributed by atoms with Gasteiger partial charge in [-0.05, 0) is 83.0 Å². The van der Waals surface area contributed by atoms with Crippen LogP contribution in [0.15, 0.2) is 42.5 Å². The average Bonchev–Trinajstić information content (AvgIpc) is 3.06. The second-order valence-electron chi connectivity index (χ2n) is 9.31. The van der Waals surface area contributed by atoms with E-state index in [1.165, 1.54) is 18.4 Å². The van der Waals surface area contributed by atoms with Gasteiger partial charge in [-0.25, -0.2) is 0 Å². The highest BCUT2D eigenvalue weighted by atomic mass is 16.5. The van der Waals surface area contributed by atoms with Gasteiger partial charge in [-0.1, -0.05) is 24.6 Å². The van der Waals surface area contributed by atoms with E-state index in [-0.39, 0.29) is 12.4 Å². The van der Waals surface area contributed by atoms with Crippen LogP contribution in [0, 0.1) is 19.8 Å². The molecule has 1 N–H and O–H groups in total. The molecule has 1 aliphatic rings. The van der Waals surface area contributed by atoms with E-state index in [1.807, 2.05) is 25.1 Å². The van der Waals surface area contributed by atoms with E-state index in [0.29, 0.717) is 17.9 Å². The van der Waals surface area contributed by atoms with Crippen molar-refractivity contribution in [1.82, 2.24) is 9.47 Å². The zero-order valence-corrected chi connectivity index (χ0v) is 19.6. The number of nitrogens with zero attached hydrogens (tertiary/aromatic N) is 2. The van der Waals surface area contributed by atoms with Crippen LogP contribution in [-0.2, 0) is 0 Å². The predicted octanol–water partition coefficient (Wildman–Crippen LogP) is 4.92. The highest BCUT2D eigenvalue weighted by Gasteiger charge is 2.21. The van der Waals surface area contributed by atoms with Crippen molar-refractivity contribution >= 4 is 16.7 Å². The lowest BCUT2D eigenvalue weighted by Crippen LogP contribution is -2.40. The molecule has 5 heteroatoms. The van der Waals surface area contributed by atoms with Crippen LogP contribution in [0.5, 0.6) is 5.75 Å². The molecular formula is C27H34N2O3. The molecule has 3 aromatic rings. The summed E-state index contributed by atoms with van der Waals surface area (Å²) in [5, 5.41) is 11.4. The van der Waals surface area contributed by atoms with Crippen LogP contribution in [0.2, 0.25) is 0 Å². The summed E-state index contributed by atoms with van der Waals surface area (Å²) in [5.41, 5.74) is 4.85. The van der Waals surface area contributed by atoms with Gasteiger partial charge in [-0.2, -0.15) is 0 Å². The number of β-amino-alcohol motifs (C(OH)–C–C–N with tert-alkyl or cyclic N) is 1. The Morgan fingerprint density at radius 2 is 1.81 bits per heavy atom. The number of piperidine rings is 1. The number of aliphatic hydroxyl groups is 1. The summed E-state index contributed by atoms with van der Waals surface area (Å²) in [6.45, 7) is 10.9. The van der Waals surface area contributed by atoms with E-state index in [4.69, 9.17) is 4.74 Å². The number of carbonyl (C=O) groups excluding carboxylic acids is 1. The molecule has 1 atom stereocenters. The minimum Gasteiger partial charge on any atom is -0.491 e. The monoisotopic (exact) mass is 434 g/mol. The molecule has 0 spiro atoms. The Morgan fingerprint density at radius 1 is 1.12 bits per heavy atom. The molecule has 0 amide bonds. The van der Waals surface area contributed by atoms with Crippen molar-refractivity contribution in [1.29, 1.82) is 0 Å². The predicted molar refractivity (Wildman–Crippen MR) is 129 cm³/mol. The molecule has 1 fully saturated rings. The number of aliphatic hydroxyl groups excluding tert-OH is 1. The molecule has 0 radical (unpaired) electrons. The van der Waals surface area contributed by atoms with Crippen molar-refractivity contribution < 1.29 is 14.6 Å². The first-order valence-corrected chi connectivity index (χ1v) is 11.6. The van der Waals surface area contributed by atoms with E-state index >= 15 is 0 Å². The highest BCUT2D eigenvalue weighted by Crippen LogP contribution is 2.32. The third-order valence-electron chi connectivity index (χ3n) is 6.61. The van der Waals surface area contributed by atoms with Gasteiger partial charge in [0.05, 0.1) is 5.52 Å². The number of hydrogen-bond donors (Lipinski definition) is 1. The molecule has 0 aliphatic carbocycles. The van der Waals surface area contributed by atoms with E-state index < -0.39 is 6.10 Å². The van der Waals surface area contributed by atoms with Crippen LogP contribution in [0.4, 0.5) is 0 Å². The number of carbonyl (C=O) groups is 1. The van der Waals surface area contributed by atoms with Crippen molar-refractivity contribution in [3.63, 3.8) is 0 Å². The number of aryl methyl sites for hydroxylation is 1. The van der Waals surface area contributed by atoms with Crippen LogP contribution in [0.25, 0.3) is 16.6 Å². The van der Waals surface area contributed by atoms with Gasteiger partial charge in [0.25, 0.3) is 0 Å². The Hall–Kier alpha value is -2.63. The fraction of sp³-hybridized carbons (Fsp3) is 0.444. The first kappa shape index (κ1) is 22.6. The van der Waals surface area contributed by atoms with Gasteiger partial charge in [0.2, 0.25) is 0 Å². The third-order valence-corrected chi connectivity index (χ3v) is 6.61. The van der Waals surface area contributed by atoms with Gasteiger partial charge < -0.3 is 19.3 Å². The number of benzene rings is 2. The molecule has 5 nitrogen and oxygen atoms in total. The summed E-state index contributed by atoms with van der Waals surface area (Å²) < 4.78 is 8.07. The van der Waals surface area contributed by atoms with Crippen LogP contribution in [-0.4, -0.2) is 52.7 Å². The Labute approximate surface area is 190 Å². The number of hydrogen-bond acceptors (Lipinski definition) is 4. The van der Waals surface area contributed by atoms with Crippen LogP contribution in [0.1, 0.15) is 48.3 Å². The van der Waals surface area contributed by atoms with E-state index in [2.05, 4.69) is 47.6 Å². The molecule has 1 saturated heterocycles. The van der Waals surface area contributed by atoms with Crippen molar-refractivity contribution in [3.05, 3.63) is 59.3 Å². The largest absolute Gasteiger partial charge is 0.491 e. The second kappa shape index (κ2) is 9.47. The maximum absolute atomic E-state index is 12.5. The number of likely N-dealkylation sites (tertiary alicyclic amines) is 1. The first-order chi connectivity index (χ1) is 15.3. The minimum atomic E-state index is -0.537. The Bertz CT molecular complexity index is 1090. The zero-order chi connectivity index (χ0) is 22.8. The molecule has 2 aromatic carbocycles. The van der Waals surface area contributed by atoms with Crippen LogP contribution >= 0.6 is 0 Å². The first-order valence-electron chi connectivity index (χ1n) is 11.6. The lowest BCUT2D eigenvalue weighted by Gasteiger charge is -2.31. The van der Waals surface area contributed by atoms with Gasteiger partial charge in [0.15, 0.2) is 5.78 Å². The van der Waals surface area contributed by atoms with E-state index in [0.717, 1.165) is 41.3 Å². The summed E-state index contributed by atoms with van der Waals surface area (Å²) >= 11 is 0.